The van der Waals surface area contributed by atoms with Gasteiger partial charge < -0.3 is 37.6 Å². The van der Waals surface area contributed by atoms with Crippen LogP contribution in [0.15, 0.2) is 0 Å². The Balaban J connectivity index is 0. The van der Waals surface area contributed by atoms with Crippen LogP contribution in [-0.4, -0.2) is 75.8 Å². The summed E-state index contributed by atoms with van der Waals surface area (Å²) >= 11 is 0. The molecule has 0 aromatic heterocycles. The molecule has 0 atom stereocenters. The lowest BCUT2D eigenvalue weighted by atomic mass is 10.5. The summed E-state index contributed by atoms with van der Waals surface area (Å²) in [6.45, 7) is 6.50. The van der Waals surface area contributed by atoms with Crippen molar-refractivity contribution in [3.63, 3.8) is 0 Å². The summed E-state index contributed by atoms with van der Waals surface area (Å²) in [5.74, 6) is 0. The molecule has 0 bridgehead atoms. The van der Waals surface area contributed by atoms with Gasteiger partial charge in [-0.15, -0.1) is 0 Å². The van der Waals surface area contributed by atoms with E-state index in [1.807, 2.05) is 0 Å². The van der Waals surface area contributed by atoms with E-state index < -0.39 is 0 Å². The van der Waals surface area contributed by atoms with Crippen molar-refractivity contribution in [3.05, 3.63) is 0 Å². The van der Waals surface area contributed by atoms with Crippen molar-refractivity contribution in [1.82, 2.24) is 16.0 Å². The van der Waals surface area contributed by atoms with Crippen molar-refractivity contribution < 1.29 is 10.2 Å². The van der Waals surface area contributed by atoms with Crippen LogP contribution in [0.2, 0.25) is 0 Å². The van der Waals surface area contributed by atoms with Gasteiger partial charge in [-0.3, -0.25) is 0 Å². The van der Waals surface area contributed by atoms with Gasteiger partial charge in [0, 0.05) is 52.4 Å². The topological polar surface area (TPSA) is 129 Å². The minimum Gasteiger partial charge on any atom is -0.395 e. The lowest BCUT2D eigenvalue weighted by Crippen LogP contribution is -2.31. The third-order valence-corrected chi connectivity index (χ3v) is 1.70. The van der Waals surface area contributed by atoms with E-state index in [0.717, 1.165) is 26.2 Å². The molecule has 0 aromatic rings. The van der Waals surface area contributed by atoms with E-state index in [0.29, 0.717) is 26.2 Å². The largest absolute Gasteiger partial charge is 0.395 e. The van der Waals surface area contributed by atoms with E-state index >= 15 is 0 Å². The van der Waals surface area contributed by atoms with Gasteiger partial charge in [0.15, 0.2) is 0 Å². The zero-order chi connectivity index (χ0) is 13.2. The molecule has 0 aromatic carbocycles. The van der Waals surface area contributed by atoms with Gasteiger partial charge in [0.2, 0.25) is 0 Å². The molecule has 7 heteroatoms. The monoisotopic (exact) mass is 251 g/mol. The second-order valence-electron chi connectivity index (χ2n) is 3.27. The van der Waals surface area contributed by atoms with Crippen LogP contribution in [0, 0.1) is 0 Å². The highest BCUT2D eigenvalue weighted by Crippen LogP contribution is 1.58. The molecule has 0 heterocycles. The van der Waals surface area contributed by atoms with Crippen molar-refractivity contribution in [1.29, 1.82) is 0 Å². The van der Waals surface area contributed by atoms with Crippen LogP contribution in [0.4, 0.5) is 0 Å². The van der Waals surface area contributed by atoms with Gasteiger partial charge in [0.05, 0.1) is 13.2 Å². The van der Waals surface area contributed by atoms with E-state index in [1.165, 1.54) is 0 Å². The van der Waals surface area contributed by atoms with Gasteiger partial charge in [-0.25, -0.2) is 0 Å². The standard InChI is InChI=1S/C6H17N3O.C4H12N2O/c7-1-2-8-3-4-9-5-6-10;5-1-2-6-3-4-7/h8-10H,1-7H2;6-7H,1-5H2. The predicted molar refractivity (Wildman–Crippen MR) is 70.9 cm³/mol. The van der Waals surface area contributed by atoms with E-state index in [-0.39, 0.29) is 13.2 Å². The molecule has 106 valence electrons. The predicted octanol–water partition coefficient (Wildman–Crippen LogP) is -3.36. The Morgan fingerprint density at radius 3 is 1.29 bits per heavy atom. The molecule has 0 amide bonds. The second-order valence-corrected chi connectivity index (χ2v) is 3.27. The van der Waals surface area contributed by atoms with Gasteiger partial charge in [0.25, 0.3) is 0 Å². The first kappa shape index (κ1) is 19.1. The minimum absolute atomic E-state index is 0.194. The van der Waals surface area contributed by atoms with Crippen LogP contribution < -0.4 is 27.4 Å². The number of nitrogens with one attached hydrogen (secondary N) is 3. The first-order chi connectivity index (χ1) is 8.33. The number of hydrogen-bond donors (Lipinski definition) is 7. The third-order valence-electron chi connectivity index (χ3n) is 1.70. The van der Waals surface area contributed by atoms with E-state index in [2.05, 4.69) is 16.0 Å². The van der Waals surface area contributed by atoms with Crippen LogP contribution in [0.5, 0.6) is 0 Å². The van der Waals surface area contributed by atoms with Gasteiger partial charge in [0.1, 0.15) is 0 Å². The summed E-state index contributed by atoms with van der Waals surface area (Å²) in [4.78, 5) is 0. The molecule has 0 spiro atoms. The minimum atomic E-state index is 0.194. The highest BCUT2D eigenvalue weighted by Gasteiger charge is 1.84. The van der Waals surface area contributed by atoms with E-state index in [1.54, 1.807) is 0 Å². The fourth-order valence-corrected chi connectivity index (χ4v) is 0.914. The summed E-state index contributed by atoms with van der Waals surface area (Å²) in [6, 6.07) is 0. The third kappa shape index (κ3) is 25.7. The average molecular weight is 251 g/mol. The molecule has 0 aliphatic rings. The van der Waals surface area contributed by atoms with Crippen LogP contribution in [0.3, 0.4) is 0 Å². The summed E-state index contributed by atoms with van der Waals surface area (Å²) in [7, 11) is 0. The molecule has 0 fully saturated rings. The quantitative estimate of drug-likeness (QED) is 0.191. The average Bonchev–Trinajstić information content (AvgIpc) is 2.35. The zero-order valence-electron chi connectivity index (χ0n) is 10.6. The SMILES string of the molecule is NCCNCCNCCO.NCCNCCO. The number of aliphatic hydroxyl groups excluding tert-OH is 2. The van der Waals surface area contributed by atoms with Crippen LogP contribution in [0.25, 0.3) is 0 Å². The van der Waals surface area contributed by atoms with Crippen molar-refractivity contribution in [3.8, 4) is 0 Å². The molecule has 0 saturated carbocycles. The Labute approximate surface area is 104 Å². The second kappa shape index (κ2) is 21.1. The number of nitrogens with two attached hydrogens (primary N) is 2. The van der Waals surface area contributed by atoms with Crippen molar-refractivity contribution >= 4 is 0 Å². The Bertz CT molecular complexity index is 107. The Morgan fingerprint density at radius 1 is 0.588 bits per heavy atom. The maximum atomic E-state index is 8.37. The normalized spacial score (nSPS) is 9.88. The van der Waals surface area contributed by atoms with E-state index in [4.69, 9.17) is 21.7 Å². The molecule has 17 heavy (non-hydrogen) atoms. The Kier molecular flexibility index (Phi) is 23.6. The van der Waals surface area contributed by atoms with Crippen LogP contribution >= 0.6 is 0 Å². The number of rotatable bonds is 11. The number of aliphatic hydroxyl groups is 2. The molecule has 0 aliphatic heterocycles. The van der Waals surface area contributed by atoms with E-state index in [9.17, 15) is 0 Å². The van der Waals surface area contributed by atoms with Crippen LogP contribution in [0.1, 0.15) is 0 Å². The molecular weight excluding hydrogens is 222 g/mol. The van der Waals surface area contributed by atoms with Crippen molar-refractivity contribution in [2.75, 3.05) is 65.6 Å². The number of hydrogen-bond acceptors (Lipinski definition) is 7. The van der Waals surface area contributed by atoms with Crippen LogP contribution in [-0.2, 0) is 0 Å². The lowest BCUT2D eigenvalue weighted by Gasteiger charge is -2.02. The molecular formula is C10H29N5O2. The first-order valence-corrected chi connectivity index (χ1v) is 6.07. The molecule has 0 saturated heterocycles. The maximum Gasteiger partial charge on any atom is 0.0555 e. The fourth-order valence-electron chi connectivity index (χ4n) is 0.914. The zero-order valence-corrected chi connectivity index (χ0v) is 10.6. The highest BCUT2D eigenvalue weighted by molar-refractivity contribution is 4.50. The highest BCUT2D eigenvalue weighted by atomic mass is 16.3. The summed E-state index contributed by atoms with van der Waals surface area (Å²) in [6.07, 6.45) is 0. The van der Waals surface area contributed by atoms with Gasteiger partial charge in [-0.1, -0.05) is 0 Å². The summed E-state index contributed by atoms with van der Waals surface area (Å²) < 4.78 is 0. The first-order valence-electron chi connectivity index (χ1n) is 6.07. The Morgan fingerprint density at radius 2 is 0.941 bits per heavy atom. The molecule has 0 aliphatic carbocycles. The molecule has 7 nitrogen and oxygen atoms in total. The molecule has 0 radical (unpaired) electrons. The van der Waals surface area contributed by atoms with Gasteiger partial charge >= 0.3 is 0 Å². The summed E-state index contributed by atoms with van der Waals surface area (Å²) in [5.41, 5.74) is 10.4. The molecule has 0 rings (SSSR count). The molecule has 0 unspecified atom stereocenters. The lowest BCUT2D eigenvalue weighted by molar-refractivity contribution is 0.292. The molecule has 9 N–H and O–H groups in total. The Hall–Kier alpha value is -0.280. The summed E-state index contributed by atoms with van der Waals surface area (Å²) in [5, 5.41) is 25.6. The van der Waals surface area contributed by atoms with Crippen molar-refractivity contribution in [2.24, 2.45) is 11.5 Å². The van der Waals surface area contributed by atoms with Gasteiger partial charge in [-0.2, -0.15) is 0 Å². The fraction of sp³-hybridized carbons (Fsp3) is 1.00. The van der Waals surface area contributed by atoms with Gasteiger partial charge in [-0.05, 0) is 0 Å². The van der Waals surface area contributed by atoms with Crippen molar-refractivity contribution in [2.45, 2.75) is 0 Å². The maximum absolute atomic E-state index is 8.37. The smallest absolute Gasteiger partial charge is 0.0555 e.